The number of hydrogen-bond donors (Lipinski definition) is 0. The van der Waals surface area contributed by atoms with E-state index in [1.807, 2.05) is 31.2 Å². The Kier molecular flexibility index (Phi) is 5.37. The van der Waals surface area contributed by atoms with Gasteiger partial charge in [-0.15, -0.1) is 0 Å². The van der Waals surface area contributed by atoms with Gasteiger partial charge >= 0.3 is 5.91 Å². The van der Waals surface area contributed by atoms with Crippen LogP contribution in [0.2, 0.25) is 0 Å². The Balaban J connectivity index is 1.90. The van der Waals surface area contributed by atoms with Crippen LogP contribution in [0.3, 0.4) is 0 Å². The van der Waals surface area contributed by atoms with Crippen molar-refractivity contribution in [1.29, 1.82) is 0 Å². The molecule has 1 saturated heterocycles. The Bertz CT molecular complexity index is 898. The monoisotopic (exact) mass is 351 g/mol. The van der Waals surface area contributed by atoms with Crippen molar-refractivity contribution in [2.75, 3.05) is 20.2 Å². The molecule has 0 atom stereocenters. The molecule has 0 bridgehead atoms. The third-order valence-corrected chi connectivity index (χ3v) is 4.19. The topological polar surface area (TPSA) is 62.7 Å². The average Bonchev–Trinajstić information content (AvgIpc) is 3.16. The van der Waals surface area contributed by atoms with Crippen LogP contribution in [0.25, 0.3) is 10.9 Å². The summed E-state index contributed by atoms with van der Waals surface area (Å²) in [6.45, 7) is 2.95. The quantitative estimate of drug-likeness (QED) is 0.798. The molecule has 134 valence electrons. The molecule has 0 radical (unpaired) electrons. The minimum Gasteiger partial charge on any atom is -0.496 e. The molecule has 1 aliphatic heterocycles. The lowest BCUT2D eigenvalue weighted by Gasteiger charge is -2.26. The van der Waals surface area contributed by atoms with E-state index in [1.165, 1.54) is 10.0 Å². The van der Waals surface area contributed by atoms with Crippen molar-refractivity contribution in [3.63, 3.8) is 0 Å². The van der Waals surface area contributed by atoms with Gasteiger partial charge in [0.05, 0.1) is 12.6 Å². The number of aromatic nitrogens is 1. The molecule has 1 aromatic carbocycles. The van der Waals surface area contributed by atoms with Gasteiger partial charge in [-0.05, 0) is 30.9 Å². The van der Waals surface area contributed by atoms with Crippen molar-refractivity contribution in [2.45, 2.75) is 26.2 Å². The van der Waals surface area contributed by atoms with Gasteiger partial charge in [-0.25, -0.2) is 15.0 Å². The summed E-state index contributed by atoms with van der Waals surface area (Å²) in [6.07, 6.45) is 2.28. The third-order valence-electron chi connectivity index (χ3n) is 4.19. The number of pyridine rings is 1. The fourth-order valence-electron chi connectivity index (χ4n) is 2.92. The second-order valence-electron chi connectivity index (χ2n) is 5.99. The van der Waals surface area contributed by atoms with Gasteiger partial charge in [0.2, 0.25) is 0 Å². The zero-order valence-electron chi connectivity index (χ0n) is 15.0. The lowest BCUT2D eigenvalue weighted by atomic mass is 10.1. The normalized spacial score (nSPS) is 13.5. The molecule has 0 aliphatic carbocycles. The van der Waals surface area contributed by atoms with Crippen LogP contribution >= 0.6 is 0 Å². The lowest BCUT2D eigenvalue weighted by Crippen LogP contribution is -2.44. The molecule has 2 aromatic rings. The number of amides is 2. The number of methoxy groups -OCH3 is 1. The molecule has 26 heavy (non-hydrogen) atoms. The van der Waals surface area contributed by atoms with Gasteiger partial charge < -0.3 is 4.74 Å². The summed E-state index contributed by atoms with van der Waals surface area (Å²) in [7, 11) is 1.56. The van der Waals surface area contributed by atoms with Gasteiger partial charge in [0, 0.05) is 31.0 Å². The van der Waals surface area contributed by atoms with E-state index in [-0.39, 0.29) is 17.5 Å². The third kappa shape index (κ3) is 3.47. The summed E-state index contributed by atoms with van der Waals surface area (Å²) in [4.78, 5) is 29.7. The molecule has 2 heterocycles. The predicted molar refractivity (Wildman–Crippen MR) is 98.3 cm³/mol. The van der Waals surface area contributed by atoms with Crippen LogP contribution in [0.1, 0.15) is 36.7 Å². The molecule has 6 heteroatoms. The summed E-state index contributed by atoms with van der Waals surface area (Å²) in [5.74, 6) is 5.36. The van der Waals surface area contributed by atoms with Gasteiger partial charge in [-0.2, -0.15) is 0 Å². The number of benzene rings is 1. The Morgan fingerprint density at radius 3 is 2.77 bits per heavy atom. The molecule has 0 unspecified atom stereocenters. The fraction of sp³-hybridized carbons (Fsp3) is 0.350. The second-order valence-corrected chi connectivity index (χ2v) is 5.99. The summed E-state index contributed by atoms with van der Waals surface area (Å²) in [5, 5.41) is 3.68. The zero-order valence-corrected chi connectivity index (χ0v) is 15.0. The highest BCUT2D eigenvalue weighted by Gasteiger charge is 2.31. The molecule has 1 fully saturated rings. The number of carbonyl (C=O) groups is 2. The van der Waals surface area contributed by atoms with Crippen LogP contribution in [0, 0.1) is 11.8 Å². The molecule has 0 N–H and O–H groups in total. The van der Waals surface area contributed by atoms with Crippen LogP contribution in [-0.2, 0) is 4.79 Å². The van der Waals surface area contributed by atoms with E-state index >= 15 is 0 Å². The summed E-state index contributed by atoms with van der Waals surface area (Å²) in [6, 6.07) is 9.10. The fourth-order valence-corrected chi connectivity index (χ4v) is 2.92. The van der Waals surface area contributed by atoms with Crippen molar-refractivity contribution in [3.8, 4) is 17.6 Å². The minimum absolute atomic E-state index is 0.252. The standard InChI is InChI=1S/C20H21N3O3/c1-3-4-5-11-19(24)22-12-8-13-23(22)20(25)17-14-18(26-2)15-9-6-7-10-16(15)21-17/h6-7,9-10,14H,3-4,8,12-13H2,1-2H3. The Morgan fingerprint density at radius 2 is 2.00 bits per heavy atom. The molecule has 0 spiro atoms. The van der Waals surface area contributed by atoms with Crippen molar-refractivity contribution < 1.29 is 14.3 Å². The number of para-hydroxylation sites is 1. The van der Waals surface area contributed by atoms with Gasteiger partial charge in [0.25, 0.3) is 5.91 Å². The molecule has 1 aliphatic rings. The highest BCUT2D eigenvalue weighted by molar-refractivity contribution is 6.00. The maximum absolute atomic E-state index is 13.0. The number of nitrogens with zero attached hydrogens (tertiary/aromatic N) is 3. The first-order chi connectivity index (χ1) is 12.7. The van der Waals surface area contributed by atoms with Gasteiger partial charge in [-0.3, -0.25) is 9.59 Å². The van der Waals surface area contributed by atoms with E-state index in [9.17, 15) is 9.59 Å². The smallest absolute Gasteiger partial charge is 0.317 e. The van der Waals surface area contributed by atoms with E-state index < -0.39 is 0 Å². The zero-order chi connectivity index (χ0) is 18.5. The van der Waals surface area contributed by atoms with Crippen molar-refractivity contribution in [2.24, 2.45) is 0 Å². The number of rotatable bonds is 3. The number of hydrogen-bond acceptors (Lipinski definition) is 4. The van der Waals surface area contributed by atoms with Gasteiger partial charge in [0.1, 0.15) is 11.4 Å². The average molecular weight is 351 g/mol. The van der Waals surface area contributed by atoms with Gasteiger partial charge in [0.15, 0.2) is 0 Å². The van der Waals surface area contributed by atoms with Crippen LogP contribution < -0.4 is 4.74 Å². The van der Waals surface area contributed by atoms with Crippen molar-refractivity contribution in [1.82, 2.24) is 15.0 Å². The maximum atomic E-state index is 13.0. The predicted octanol–water partition coefficient (Wildman–Crippen LogP) is 2.64. The Morgan fingerprint density at radius 1 is 1.23 bits per heavy atom. The SMILES string of the molecule is CCCC#CC(=O)N1CCCN1C(=O)c1cc(OC)c2ccccc2n1. The molecule has 0 saturated carbocycles. The largest absolute Gasteiger partial charge is 0.496 e. The molecular formula is C20H21N3O3. The van der Waals surface area contributed by atoms with Crippen LogP contribution in [0.5, 0.6) is 5.75 Å². The van der Waals surface area contributed by atoms with Crippen LogP contribution in [-0.4, -0.2) is 47.0 Å². The summed E-state index contributed by atoms with van der Waals surface area (Å²) in [5.41, 5.74) is 0.928. The number of unbranched alkanes of at least 4 members (excludes halogenated alkanes) is 1. The van der Waals surface area contributed by atoms with E-state index in [2.05, 4.69) is 16.8 Å². The van der Waals surface area contributed by atoms with Crippen LogP contribution in [0.4, 0.5) is 0 Å². The van der Waals surface area contributed by atoms with Crippen molar-refractivity contribution in [3.05, 3.63) is 36.0 Å². The lowest BCUT2D eigenvalue weighted by molar-refractivity contribution is -0.134. The van der Waals surface area contributed by atoms with E-state index in [4.69, 9.17) is 4.74 Å². The van der Waals surface area contributed by atoms with E-state index in [1.54, 1.807) is 13.2 Å². The molecule has 2 amide bonds. The summed E-state index contributed by atoms with van der Waals surface area (Å²) >= 11 is 0. The summed E-state index contributed by atoms with van der Waals surface area (Å²) < 4.78 is 5.41. The number of ether oxygens (including phenoxy) is 1. The van der Waals surface area contributed by atoms with Crippen LogP contribution in [0.15, 0.2) is 30.3 Å². The molecule has 6 nitrogen and oxygen atoms in total. The van der Waals surface area contributed by atoms with Crippen molar-refractivity contribution >= 4 is 22.7 Å². The molecular weight excluding hydrogens is 330 g/mol. The van der Waals surface area contributed by atoms with Gasteiger partial charge in [-0.1, -0.05) is 25.0 Å². The Labute approximate surface area is 152 Å². The first kappa shape index (κ1) is 17.7. The molecule has 1 aromatic heterocycles. The first-order valence-electron chi connectivity index (χ1n) is 8.71. The van der Waals surface area contributed by atoms with E-state index in [0.717, 1.165) is 18.2 Å². The Hall–Kier alpha value is -3.07. The van der Waals surface area contributed by atoms with E-state index in [0.29, 0.717) is 30.8 Å². The maximum Gasteiger partial charge on any atom is 0.317 e. The number of hydrazine groups is 1. The second kappa shape index (κ2) is 7.87. The first-order valence-corrected chi connectivity index (χ1v) is 8.71. The number of carbonyl (C=O) groups excluding carboxylic acids is 2. The molecule has 3 rings (SSSR count). The number of fused-ring (bicyclic) bond motifs is 1. The highest BCUT2D eigenvalue weighted by Crippen LogP contribution is 2.26. The minimum atomic E-state index is -0.350. The highest BCUT2D eigenvalue weighted by atomic mass is 16.5.